The molecule has 0 radical (unpaired) electrons. The van der Waals surface area contributed by atoms with Crippen molar-refractivity contribution in [3.63, 3.8) is 0 Å². The van der Waals surface area contributed by atoms with Crippen LogP contribution in [-0.4, -0.2) is 72.7 Å². The van der Waals surface area contributed by atoms with E-state index in [0.29, 0.717) is 0 Å². The minimum atomic E-state index is -1.85. The molecule has 5 atom stereocenters. The summed E-state index contributed by atoms with van der Waals surface area (Å²) in [5.74, 6) is -3.38. The highest BCUT2D eigenvalue weighted by molar-refractivity contribution is 5.96. The highest BCUT2D eigenvalue weighted by Crippen LogP contribution is 2.45. The van der Waals surface area contributed by atoms with Gasteiger partial charge in [-0.05, 0) is 6.07 Å². The first-order valence-corrected chi connectivity index (χ1v) is 9.71. The fourth-order valence-corrected chi connectivity index (χ4v) is 3.83. The van der Waals surface area contributed by atoms with Crippen molar-refractivity contribution in [3.8, 4) is 23.0 Å². The molecule has 1 aliphatic rings. The summed E-state index contributed by atoms with van der Waals surface area (Å²) in [6.45, 7) is 0.613. The van der Waals surface area contributed by atoms with Crippen LogP contribution in [0.25, 0.3) is 21.9 Å². The molecule has 3 aromatic rings. The van der Waals surface area contributed by atoms with Crippen LogP contribution >= 0.6 is 0 Å². The van der Waals surface area contributed by atoms with Crippen molar-refractivity contribution >= 4 is 27.9 Å². The van der Waals surface area contributed by atoms with Gasteiger partial charge in [0.05, 0.1) is 10.9 Å². The average molecular weight is 464 g/mol. The van der Waals surface area contributed by atoms with Gasteiger partial charge in [-0.15, -0.1) is 0 Å². The molecule has 0 saturated carbocycles. The molecular weight excluding hydrogens is 444 g/mol. The third-order valence-electron chi connectivity index (χ3n) is 5.50. The second kappa shape index (κ2) is 8.08. The summed E-state index contributed by atoms with van der Waals surface area (Å²) in [5.41, 5.74) is -1.73. The molecule has 0 amide bonds. The number of rotatable bonds is 3. The van der Waals surface area contributed by atoms with E-state index in [-0.39, 0.29) is 16.6 Å². The number of hydrogen-bond acceptors (Lipinski definition) is 12. The zero-order chi connectivity index (χ0) is 24.2. The van der Waals surface area contributed by atoms with Gasteiger partial charge in [-0.3, -0.25) is 9.59 Å². The Balaban J connectivity index is 1.88. The first-order chi connectivity index (χ1) is 15.5. The zero-order valence-corrected chi connectivity index (χ0v) is 17.0. The van der Waals surface area contributed by atoms with Gasteiger partial charge in [-0.1, -0.05) is 0 Å². The number of esters is 1. The van der Waals surface area contributed by atoms with E-state index in [1.165, 1.54) is 0 Å². The predicted octanol–water partition coefficient (Wildman–Crippen LogP) is -0.146. The second-order valence-electron chi connectivity index (χ2n) is 7.67. The molecule has 1 fully saturated rings. The Morgan fingerprint density at radius 3 is 2.24 bits per heavy atom. The summed E-state index contributed by atoms with van der Waals surface area (Å²) in [7, 11) is 0. The molecule has 0 spiro atoms. The first-order valence-electron chi connectivity index (χ1n) is 9.71. The molecule has 0 aliphatic carbocycles. The van der Waals surface area contributed by atoms with Gasteiger partial charge in [0.25, 0.3) is 0 Å². The number of hydrogen-bond donors (Lipinski definition) is 7. The number of aromatic hydroxyl groups is 4. The summed E-state index contributed by atoms with van der Waals surface area (Å²) in [6, 6.07) is 2.88. The van der Waals surface area contributed by atoms with Crippen LogP contribution in [0.1, 0.15) is 18.6 Å². The lowest BCUT2D eigenvalue weighted by Crippen LogP contribution is -2.55. The Morgan fingerprint density at radius 2 is 1.58 bits per heavy atom. The molecule has 176 valence electrons. The van der Waals surface area contributed by atoms with Crippen LogP contribution in [-0.2, 0) is 14.3 Å². The van der Waals surface area contributed by atoms with Crippen molar-refractivity contribution in [1.29, 1.82) is 0 Å². The molecule has 0 bridgehead atoms. The molecule has 4 rings (SSSR count). The smallest absolute Gasteiger partial charge is 0.302 e. The largest absolute Gasteiger partial charge is 0.507 e. The van der Waals surface area contributed by atoms with Crippen LogP contribution in [0.4, 0.5) is 0 Å². The maximum absolute atomic E-state index is 13.0. The van der Waals surface area contributed by atoms with Gasteiger partial charge >= 0.3 is 5.97 Å². The summed E-state index contributed by atoms with van der Waals surface area (Å²) in [4.78, 5) is 24.1. The SMILES string of the molecule is CC(=O)OCC1OC(c2c(O)cc3oc4cc(O)c(O)cc4c(=O)c3c2O)C(O)C(O)C1O. The maximum atomic E-state index is 13.0. The van der Waals surface area contributed by atoms with Gasteiger partial charge in [0.1, 0.15) is 65.2 Å². The minimum Gasteiger partial charge on any atom is -0.507 e. The number of carbonyl (C=O) groups excluding carboxylic acids is 1. The van der Waals surface area contributed by atoms with Crippen molar-refractivity contribution in [2.24, 2.45) is 0 Å². The van der Waals surface area contributed by atoms with Crippen LogP contribution < -0.4 is 5.43 Å². The first kappa shape index (κ1) is 22.6. The minimum absolute atomic E-state index is 0.136. The molecule has 1 aromatic heterocycles. The Kier molecular flexibility index (Phi) is 5.54. The molecule has 5 unspecified atom stereocenters. The van der Waals surface area contributed by atoms with E-state index in [1.807, 2.05) is 0 Å². The van der Waals surface area contributed by atoms with E-state index in [1.54, 1.807) is 0 Å². The number of phenolic OH excluding ortho intramolecular Hbond substituents is 4. The summed E-state index contributed by atoms with van der Waals surface area (Å²) < 4.78 is 15.8. The van der Waals surface area contributed by atoms with Crippen molar-refractivity contribution in [3.05, 3.63) is 34.0 Å². The van der Waals surface area contributed by atoms with Crippen molar-refractivity contribution in [1.82, 2.24) is 0 Å². The Hall–Kier alpha value is -3.58. The molecule has 2 heterocycles. The van der Waals surface area contributed by atoms with Crippen molar-refractivity contribution < 1.29 is 54.4 Å². The zero-order valence-electron chi connectivity index (χ0n) is 17.0. The molecule has 12 nitrogen and oxygen atoms in total. The normalized spacial score (nSPS) is 25.4. The highest BCUT2D eigenvalue weighted by Gasteiger charge is 2.46. The average Bonchev–Trinajstić information content (AvgIpc) is 2.74. The number of aliphatic hydroxyl groups is 3. The number of fused-ring (bicyclic) bond motifs is 2. The van der Waals surface area contributed by atoms with Crippen LogP contribution in [0.5, 0.6) is 23.0 Å². The van der Waals surface area contributed by atoms with E-state index in [4.69, 9.17) is 13.9 Å². The molecular formula is C21H20O12. The number of carbonyl (C=O) groups is 1. The summed E-state index contributed by atoms with van der Waals surface area (Å²) in [6.07, 6.45) is -8.30. The monoisotopic (exact) mass is 464 g/mol. The highest BCUT2D eigenvalue weighted by atomic mass is 16.6. The van der Waals surface area contributed by atoms with Gasteiger partial charge in [0.2, 0.25) is 5.43 Å². The molecule has 7 N–H and O–H groups in total. The molecule has 1 aliphatic heterocycles. The topological polar surface area (TPSA) is 207 Å². The predicted molar refractivity (Wildman–Crippen MR) is 109 cm³/mol. The van der Waals surface area contributed by atoms with Gasteiger partial charge in [-0.25, -0.2) is 0 Å². The number of benzene rings is 2. The van der Waals surface area contributed by atoms with Gasteiger partial charge < -0.3 is 49.6 Å². The molecule has 12 heteroatoms. The molecule has 2 aromatic carbocycles. The maximum Gasteiger partial charge on any atom is 0.302 e. The van der Waals surface area contributed by atoms with Crippen molar-refractivity contribution in [2.45, 2.75) is 37.4 Å². The molecule has 33 heavy (non-hydrogen) atoms. The summed E-state index contributed by atoms with van der Waals surface area (Å²) in [5, 5.41) is 71.0. The van der Waals surface area contributed by atoms with E-state index >= 15 is 0 Å². The van der Waals surface area contributed by atoms with E-state index < -0.39 is 82.5 Å². The summed E-state index contributed by atoms with van der Waals surface area (Å²) >= 11 is 0. The molecule has 1 saturated heterocycles. The third-order valence-corrected chi connectivity index (χ3v) is 5.50. The Labute approximate surface area is 184 Å². The Bertz CT molecular complexity index is 1310. The number of phenols is 4. The van der Waals surface area contributed by atoms with Crippen LogP contribution in [0, 0.1) is 0 Å². The lowest BCUT2D eigenvalue weighted by atomic mass is 9.89. The van der Waals surface area contributed by atoms with Crippen LogP contribution in [0.3, 0.4) is 0 Å². The lowest BCUT2D eigenvalue weighted by molar-refractivity contribution is -0.234. The second-order valence-corrected chi connectivity index (χ2v) is 7.67. The number of ether oxygens (including phenoxy) is 2. The lowest BCUT2D eigenvalue weighted by Gasteiger charge is -2.40. The third kappa shape index (κ3) is 3.68. The quantitative estimate of drug-likeness (QED) is 0.153. The van der Waals surface area contributed by atoms with E-state index in [9.17, 15) is 45.3 Å². The standard InChI is InChI=1S/C21H20O12/c1-6(22)31-5-13-17(27)19(29)20(30)21(33-13)14-10(25)4-12-15(18(14)28)16(26)7-2-8(23)9(24)3-11(7)32-12/h2-4,13,17,19-21,23-25,27-30H,5H2,1H3. The number of aliphatic hydroxyl groups excluding tert-OH is 3. The van der Waals surface area contributed by atoms with Gasteiger partial charge in [0.15, 0.2) is 11.5 Å². The Morgan fingerprint density at radius 1 is 0.939 bits per heavy atom. The van der Waals surface area contributed by atoms with Crippen LogP contribution in [0.15, 0.2) is 27.4 Å². The fourth-order valence-electron chi connectivity index (χ4n) is 3.83. The van der Waals surface area contributed by atoms with E-state index in [0.717, 1.165) is 25.1 Å². The fraction of sp³-hybridized carbons (Fsp3) is 0.333. The van der Waals surface area contributed by atoms with Crippen LogP contribution in [0.2, 0.25) is 0 Å². The van der Waals surface area contributed by atoms with Gasteiger partial charge in [-0.2, -0.15) is 0 Å². The van der Waals surface area contributed by atoms with Crippen molar-refractivity contribution in [2.75, 3.05) is 6.61 Å². The van der Waals surface area contributed by atoms with Gasteiger partial charge in [0, 0.05) is 19.1 Å². The van der Waals surface area contributed by atoms with E-state index in [2.05, 4.69) is 0 Å².